The van der Waals surface area contributed by atoms with Gasteiger partial charge in [-0.15, -0.1) is 0 Å². The van der Waals surface area contributed by atoms with E-state index in [1.807, 2.05) is 9.80 Å². The molecule has 2 aromatic rings. The minimum atomic E-state index is -0.418. The summed E-state index contributed by atoms with van der Waals surface area (Å²) in [4.78, 5) is 29.9. The fraction of sp³-hybridized carbons (Fsp3) is 0.579. The molecule has 144 valence electrons. The second-order valence-electron chi connectivity index (χ2n) is 7.53. The Kier molecular flexibility index (Phi) is 4.82. The van der Waals surface area contributed by atoms with Crippen LogP contribution in [0.25, 0.3) is 11.0 Å². The van der Waals surface area contributed by atoms with Gasteiger partial charge in [-0.2, -0.15) is 15.4 Å². The summed E-state index contributed by atoms with van der Waals surface area (Å²) in [6, 6.07) is 5.32. The molecule has 2 fully saturated rings. The van der Waals surface area contributed by atoms with E-state index < -0.39 is 5.41 Å². The first-order valence-electron chi connectivity index (χ1n) is 9.51. The Bertz CT molecular complexity index is 851. The molecule has 8 nitrogen and oxygen atoms in total. The van der Waals surface area contributed by atoms with Gasteiger partial charge in [0, 0.05) is 45.5 Å². The van der Waals surface area contributed by atoms with Crippen LogP contribution in [0.15, 0.2) is 18.2 Å². The maximum absolute atomic E-state index is 13.1. The zero-order valence-corrected chi connectivity index (χ0v) is 15.6. The zero-order chi connectivity index (χ0) is 18.9. The number of carbonyl (C=O) groups excluding carboxylic acids is 2. The number of hydrogen-bond donors (Lipinski definition) is 1. The summed E-state index contributed by atoms with van der Waals surface area (Å²) in [5.41, 5.74) is 1.58. The Labute approximate surface area is 157 Å². The number of methoxy groups -OCH3 is 1. The van der Waals surface area contributed by atoms with Crippen LogP contribution in [0.2, 0.25) is 0 Å². The molecule has 1 spiro atoms. The number of nitrogens with one attached hydrogen (secondary N) is 1. The highest BCUT2D eigenvalue weighted by molar-refractivity contribution is 5.98. The number of aromatic nitrogens is 3. The first-order valence-corrected chi connectivity index (χ1v) is 9.51. The standard InChI is InChI=1S/C19H25N5O3/c1-27-11-3-9-23-8-2-6-19(18(23)26)7-10-24(13-19)17(25)14-4-5-15-16(12-14)21-22-20-15/h4-5,12H,2-3,6-11,13H2,1H3,(H,20,21,22)/t19-/m0/s1. The van der Waals surface area contributed by atoms with Gasteiger partial charge in [-0.05, 0) is 43.9 Å². The van der Waals surface area contributed by atoms with E-state index >= 15 is 0 Å². The molecule has 1 N–H and O–H groups in total. The predicted octanol–water partition coefficient (Wildman–Crippen LogP) is 1.45. The highest BCUT2D eigenvalue weighted by atomic mass is 16.5. The normalized spacial score (nSPS) is 22.9. The average molecular weight is 371 g/mol. The van der Waals surface area contributed by atoms with Crippen LogP contribution >= 0.6 is 0 Å². The average Bonchev–Trinajstić information content (AvgIpc) is 3.32. The third kappa shape index (κ3) is 3.29. The molecular formula is C19H25N5O3. The third-order valence-electron chi connectivity index (χ3n) is 5.81. The fourth-order valence-corrected chi connectivity index (χ4v) is 4.35. The highest BCUT2D eigenvalue weighted by Gasteiger charge is 2.49. The summed E-state index contributed by atoms with van der Waals surface area (Å²) in [5.74, 6) is 0.160. The van der Waals surface area contributed by atoms with Crippen molar-refractivity contribution in [2.45, 2.75) is 25.7 Å². The molecule has 0 aliphatic carbocycles. The molecule has 3 heterocycles. The SMILES string of the molecule is COCCCN1CCC[C@@]2(CCN(C(=O)c3ccc4n[nH]nc4c3)C2)C1=O. The Morgan fingerprint density at radius 3 is 2.96 bits per heavy atom. The van der Waals surface area contributed by atoms with Crippen LogP contribution in [-0.2, 0) is 9.53 Å². The number of H-pyrrole nitrogens is 1. The van der Waals surface area contributed by atoms with Crippen LogP contribution in [0, 0.1) is 5.41 Å². The highest BCUT2D eigenvalue weighted by Crippen LogP contribution is 2.40. The van der Waals surface area contributed by atoms with Gasteiger partial charge < -0.3 is 14.5 Å². The first-order chi connectivity index (χ1) is 13.1. The maximum atomic E-state index is 13.1. The van der Waals surface area contributed by atoms with E-state index in [4.69, 9.17) is 4.74 Å². The van der Waals surface area contributed by atoms with Gasteiger partial charge in [0.1, 0.15) is 11.0 Å². The number of aromatic amines is 1. The molecule has 1 atom stereocenters. The molecule has 1 aromatic heterocycles. The number of piperidine rings is 1. The maximum Gasteiger partial charge on any atom is 0.253 e. The molecule has 8 heteroatoms. The van der Waals surface area contributed by atoms with E-state index in [1.165, 1.54) is 0 Å². The van der Waals surface area contributed by atoms with Crippen molar-refractivity contribution in [2.75, 3.05) is 39.9 Å². The zero-order valence-electron chi connectivity index (χ0n) is 15.6. The van der Waals surface area contributed by atoms with Gasteiger partial charge in [-0.1, -0.05) is 0 Å². The van der Waals surface area contributed by atoms with E-state index in [0.717, 1.165) is 44.3 Å². The Morgan fingerprint density at radius 2 is 2.11 bits per heavy atom. The van der Waals surface area contributed by atoms with Crippen LogP contribution in [0.3, 0.4) is 0 Å². The van der Waals surface area contributed by atoms with Crippen molar-refractivity contribution in [2.24, 2.45) is 5.41 Å². The number of ether oxygens (including phenoxy) is 1. The molecule has 2 aliphatic heterocycles. The molecule has 2 amide bonds. The minimum Gasteiger partial charge on any atom is -0.385 e. The van der Waals surface area contributed by atoms with Crippen molar-refractivity contribution >= 4 is 22.8 Å². The lowest BCUT2D eigenvalue weighted by Gasteiger charge is -2.39. The number of nitrogens with zero attached hydrogens (tertiary/aromatic N) is 4. The van der Waals surface area contributed by atoms with Crippen molar-refractivity contribution in [3.05, 3.63) is 23.8 Å². The lowest BCUT2D eigenvalue weighted by molar-refractivity contribution is -0.145. The molecule has 1 aromatic carbocycles. The number of likely N-dealkylation sites (tertiary alicyclic amines) is 2. The van der Waals surface area contributed by atoms with Crippen LogP contribution in [0.4, 0.5) is 0 Å². The van der Waals surface area contributed by atoms with Gasteiger partial charge in [-0.25, -0.2) is 0 Å². The van der Waals surface area contributed by atoms with Crippen LogP contribution in [-0.4, -0.2) is 76.9 Å². The van der Waals surface area contributed by atoms with Gasteiger partial charge in [0.25, 0.3) is 5.91 Å². The number of benzene rings is 1. The lowest BCUT2D eigenvalue weighted by Crippen LogP contribution is -2.50. The van der Waals surface area contributed by atoms with Crippen molar-refractivity contribution in [3.63, 3.8) is 0 Å². The summed E-state index contributed by atoms with van der Waals surface area (Å²) in [6.45, 7) is 3.31. The van der Waals surface area contributed by atoms with Gasteiger partial charge in [0.2, 0.25) is 5.91 Å². The van der Waals surface area contributed by atoms with E-state index in [2.05, 4.69) is 15.4 Å². The molecule has 0 saturated carbocycles. The number of amides is 2. The number of hydrogen-bond acceptors (Lipinski definition) is 5. The second-order valence-corrected chi connectivity index (χ2v) is 7.53. The molecule has 0 bridgehead atoms. The molecule has 4 rings (SSSR count). The lowest BCUT2D eigenvalue weighted by atomic mass is 9.78. The quantitative estimate of drug-likeness (QED) is 0.803. The van der Waals surface area contributed by atoms with Gasteiger partial charge in [0.15, 0.2) is 0 Å². The molecular weight excluding hydrogens is 346 g/mol. The smallest absolute Gasteiger partial charge is 0.253 e. The summed E-state index contributed by atoms with van der Waals surface area (Å²) in [7, 11) is 1.68. The van der Waals surface area contributed by atoms with E-state index in [0.29, 0.717) is 30.8 Å². The molecule has 2 saturated heterocycles. The van der Waals surface area contributed by atoms with E-state index in [1.54, 1.807) is 25.3 Å². The Hall–Kier alpha value is -2.48. The molecule has 0 unspecified atom stereocenters. The molecule has 27 heavy (non-hydrogen) atoms. The Balaban J connectivity index is 1.46. The summed E-state index contributed by atoms with van der Waals surface area (Å²) in [6.07, 6.45) is 3.44. The van der Waals surface area contributed by atoms with Crippen molar-refractivity contribution in [3.8, 4) is 0 Å². The van der Waals surface area contributed by atoms with Crippen molar-refractivity contribution < 1.29 is 14.3 Å². The summed E-state index contributed by atoms with van der Waals surface area (Å²) in [5, 5.41) is 10.6. The van der Waals surface area contributed by atoms with Gasteiger partial charge >= 0.3 is 0 Å². The van der Waals surface area contributed by atoms with Crippen molar-refractivity contribution in [1.29, 1.82) is 0 Å². The van der Waals surface area contributed by atoms with E-state index in [-0.39, 0.29) is 11.8 Å². The number of fused-ring (bicyclic) bond motifs is 1. The van der Waals surface area contributed by atoms with Crippen LogP contribution < -0.4 is 0 Å². The monoisotopic (exact) mass is 371 g/mol. The first kappa shape index (κ1) is 17.9. The number of rotatable bonds is 5. The topological polar surface area (TPSA) is 91.4 Å². The van der Waals surface area contributed by atoms with Gasteiger partial charge in [0.05, 0.1) is 5.41 Å². The summed E-state index contributed by atoms with van der Waals surface area (Å²) >= 11 is 0. The second kappa shape index (κ2) is 7.26. The minimum absolute atomic E-state index is 0.0407. The van der Waals surface area contributed by atoms with E-state index in [9.17, 15) is 9.59 Å². The van der Waals surface area contributed by atoms with Crippen LogP contribution in [0.1, 0.15) is 36.0 Å². The van der Waals surface area contributed by atoms with Crippen molar-refractivity contribution in [1.82, 2.24) is 25.2 Å². The number of carbonyl (C=O) groups is 2. The van der Waals surface area contributed by atoms with Crippen LogP contribution in [0.5, 0.6) is 0 Å². The van der Waals surface area contributed by atoms with Gasteiger partial charge in [-0.3, -0.25) is 9.59 Å². The molecule has 2 aliphatic rings. The third-order valence-corrected chi connectivity index (χ3v) is 5.81. The fourth-order valence-electron chi connectivity index (χ4n) is 4.35. The molecule has 0 radical (unpaired) electrons. The summed E-state index contributed by atoms with van der Waals surface area (Å²) < 4.78 is 5.10. The largest absolute Gasteiger partial charge is 0.385 e. The predicted molar refractivity (Wildman–Crippen MR) is 99.1 cm³/mol. The Morgan fingerprint density at radius 1 is 1.26 bits per heavy atom.